The van der Waals surface area contributed by atoms with Crippen LogP contribution in [0, 0.1) is 5.92 Å². The van der Waals surface area contributed by atoms with E-state index in [1.807, 2.05) is 6.07 Å². The Labute approximate surface area is 135 Å². The third-order valence-electron chi connectivity index (χ3n) is 4.02. The minimum Gasteiger partial charge on any atom is -0.393 e. The van der Waals surface area contributed by atoms with Crippen LogP contribution in [-0.2, 0) is 0 Å². The molecule has 1 rings (SSSR count). The molecule has 21 heavy (non-hydrogen) atoms. The van der Waals surface area contributed by atoms with E-state index >= 15 is 0 Å². The first kappa shape index (κ1) is 18.1. The predicted octanol–water partition coefficient (Wildman–Crippen LogP) is 4.20. The molecular weight excluding hydrogens is 276 g/mol. The van der Waals surface area contributed by atoms with Crippen LogP contribution in [0.15, 0.2) is 30.3 Å². The normalized spacial score (nSPS) is 13.1. The minimum absolute atomic E-state index is 0.139. The lowest BCUT2D eigenvalue weighted by atomic mass is 9.96. The number of nitrogens with zero attached hydrogens (tertiary/aromatic N) is 1. The molecule has 118 valence electrons. The van der Waals surface area contributed by atoms with Crippen molar-refractivity contribution >= 4 is 17.2 Å². The highest BCUT2D eigenvalue weighted by molar-refractivity contribution is 7.80. The Morgan fingerprint density at radius 1 is 1.10 bits per heavy atom. The molecule has 0 fully saturated rings. The largest absolute Gasteiger partial charge is 0.393 e. The highest BCUT2D eigenvalue weighted by Gasteiger charge is 2.23. The molecule has 3 heteroatoms. The van der Waals surface area contributed by atoms with Crippen LogP contribution in [-0.4, -0.2) is 29.0 Å². The van der Waals surface area contributed by atoms with Crippen molar-refractivity contribution in [3.8, 4) is 0 Å². The quantitative estimate of drug-likeness (QED) is 0.693. The van der Waals surface area contributed by atoms with Crippen molar-refractivity contribution in [2.75, 3.05) is 13.1 Å². The van der Waals surface area contributed by atoms with E-state index in [4.69, 9.17) is 18.0 Å². The fourth-order valence-electron chi connectivity index (χ4n) is 2.93. The van der Waals surface area contributed by atoms with Gasteiger partial charge in [0.15, 0.2) is 0 Å². The molecule has 0 aliphatic carbocycles. The lowest BCUT2D eigenvalue weighted by Crippen LogP contribution is -2.42. The summed E-state index contributed by atoms with van der Waals surface area (Å²) in [5.74, 6) is 0.786. The fourth-order valence-corrected chi connectivity index (χ4v) is 3.14. The summed E-state index contributed by atoms with van der Waals surface area (Å²) in [6.07, 6.45) is 2.34. The van der Waals surface area contributed by atoms with Gasteiger partial charge in [-0.15, -0.1) is 0 Å². The van der Waals surface area contributed by atoms with E-state index in [-0.39, 0.29) is 5.92 Å². The first-order valence-corrected chi connectivity index (χ1v) is 8.48. The van der Waals surface area contributed by atoms with Crippen molar-refractivity contribution in [3.05, 3.63) is 35.9 Å². The van der Waals surface area contributed by atoms with Gasteiger partial charge in [-0.2, -0.15) is 0 Å². The van der Waals surface area contributed by atoms with E-state index in [0.717, 1.165) is 13.1 Å². The predicted molar refractivity (Wildman–Crippen MR) is 96.7 cm³/mol. The van der Waals surface area contributed by atoms with Gasteiger partial charge in [-0.05, 0) is 24.3 Å². The summed E-state index contributed by atoms with van der Waals surface area (Å²) in [7, 11) is 0. The average molecular weight is 307 g/mol. The van der Waals surface area contributed by atoms with Crippen molar-refractivity contribution in [2.24, 2.45) is 11.7 Å². The zero-order valence-electron chi connectivity index (χ0n) is 13.9. The molecular formula is C18H30N2S. The Morgan fingerprint density at radius 2 is 1.67 bits per heavy atom. The third kappa shape index (κ3) is 5.76. The summed E-state index contributed by atoms with van der Waals surface area (Å²) >= 11 is 5.34. The Balaban J connectivity index is 2.93. The summed E-state index contributed by atoms with van der Waals surface area (Å²) < 4.78 is 0. The van der Waals surface area contributed by atoms with Crippen molar-refractivity contribution in [3.63, 3.8) is 0 Å². The van der Waals surface area contributed by atoms with Gasteiger partial charge in [0.05, 0.1) is 4.99 Å². The van der Waals surface area contributed by atoms with Gasteiger partial charge in [0.1, 0.15) is 0 Å². The van der Waals surface area contributed by atoms with Gasteiger partial charge in [-0.3, -0.25) is 4.90 Å². The van der Waals surface area contributed by atoms with Crippen LogP contribution in [0.5, 0.6) is 0 Å². The lowest BCUT2D eigenvalue weighted by molar-refractivity contribution is 0.164. The van der Waals surface area contributed by atoms with E-state index in [1.54, 1.807) is 0 Å². The Bertz CT molecular complexity index is 412. The standard InChI is InChI=1S/C18H30N2S/c1-5-16(6-2)20(12-14(3)4)13-17(18(19)21)15-10-8-7-9-11-15/h7-11,14,16-17H,5-6,12-13H2,1-4H3,(H2,19,21). The lowest BCUT2D eigenvalue weighted by Gasteiger charge is -2.34. The SMILES string of the molecule is CCC(CC)N(CC(C)C)CC(C(N)=S)c1ccccc1. The second-order valence-corrected chi connectivity index (χ2v) is 6.66. The van der Waals surface area contributed by atoms with Crippen LogP contribution in [0.3, 0.4) is 0 Å². The van der Waals surface area contributed by atoms with Gasteiger partial charge in [-0.1, -0.05) is 70.2 Å². The maximum absolute atomic E-state index is 6.04. The van der Waals surface area contributed by atoms with Crippen LogP contribution in [0.4, 0.5) is 0 Å². The molecule has 1 aromatic rings. The van der Waals surface area contributed by atoms with E-state index < -0.39 is 0 Å². The first-order valence-electron chi connectivity index (χ1n) is 8.07. The molecule has 0 aliphatic heterocycles. The molecule has 0 aromatic heterocycles. The van der Waals surface area contributed by atoms with Gasteiger partial charge in [0.2, 0.25) is 0 Å². The summed E-state index contributed by atoms with van der Waals surface area (Å²) in [4.78, 5) is 3.17. The van der Waals surface area contributed by atoms with Gasteiger partial charge < -0.3 is 5.73 Å². The van der Waals surface area contributed by atoms with Crippen LogP contribution >= 0.6 is 12.2 Å². The summed E-state index contributed by atoms with van der Waals surface area (Å²) in [6, 6.07) is 11.0. The second-order valence-electron chi connectivity index (χ2n) is 6.18. The molecule has 2 nitrogen and oxygen atoms in total. The maximum Gasteiger partial charge on any atom is 0.0816 e. The van der Waals surface area contributed by atoms with Crippen LogP contribution < -0.4 is 5.73 Å². The zero-order chi connectivity index (χ0) is 15.8. The van der Waals surface area contributed by atoms with E-state index in [0.29, 0.717) is 16.9 Å². The van der Waals surface area contributed by atoms with E-state index in [2.05, 4.69) is 56.9 Å². The number of rotatable bonds is 9. The molecule has 0 aliphatic rings. The fraction of sp³-hybridized carbons (Fsp3) is 0.611. The molecule has 0 bridgehead atoms. The van der Waals surface area contributed by atoms with Gasteiger partial charge in [-0.25, -0.2) is 0 Å². The van der Waals surface area contributed by atoms with Crippen molar-refractivity contribution in [1.82, 2.24) is 4.90 Å². The van der Waals surface area contributed by atoms with Crippen LogP contribution in [0.25, 0.3) is 0 Å². The van der Waals surface area contributed by atoms with E-state index in [9.17, 15) is 0 Å². The minimum atomic E-state index is 0.139. The maximum atomic E-state index is 6.04. The van der Waals surface area contributed by atoms with Gasteiger partial charge in [0, 0.05) is 25.0 Å². The Morgan fingerprint density at radius 3 is 2.10 bits per heavy atom. The Hall–Kier alpha value is -0.930. The molecule has 1 unspecified atom stereocenters. The smallest absolute Gasteiger partial charge is 0.0816 e. The van der Waals surface area contributed by atoms with Gasteiger partial charge in [0.25, 0.3) is 0 Å². The molecule has 0 amide bonds. The molecule has 2 N–H and O–H groups in total. The number of benzene rings is 1. The highest BCUT2D eigenvalue weighted by Crippen LogP contribution is 2.21. The highest BCUT2D eigenvalue weighted by atomic mass is 32.1. The molecule has 0 radical (unpaired) electrons. The number of nitrogens with two attached hydrogens (primary N) is 1. The summed E-state index contributed by atoms with van der Waals surface area (Å²) in [5.41, 5.74) is 7.26. The number of hydrogen-bond acceptors (Lipinski definition) is 2. The Kier molecular flexibility index (Phi) is 7.91. The zero-order valence-corrected chi connectivity index (χ0v) is 14.7. The summed E-state index contributed by atoms with van der Waals surface area (Å²) in [6.45, 7) is 11.1. The van der Waals surface area contributed by atoms with Gasteiger partial charge >= 0.3 is 0 Å². The molecule has 1 atom stereocenters. The van der Waals surface area contributed by atoms with Crippen LogP contribution in [0.1, 0.15) is 52.0 Å². The molecule has 0 saturated carbocycles. The first-order chi connectivity index (χ1) is 9.99. The van der Waals surface area contributed by atoms with Crippen molar-refractivity contribution in [2.45, 2.75) is 52.5 Å². The average Bonchev–Trinajstić information content (AvgIpc) is 2.45. The molecule has 1 aromatic carbocycles. The summed E-state index contributed by atoms with van der Waals surface area (Å²) in [5, 5.41) is 0. The van der Waals surface area contributed by atoms with Crippen molar-refractivity contribution < 1.29 is 0 Å². The number of hydrogen-bond donors (Lipinski definition) is 1. The molecule has 0 saturated heterocycles. The molecule has 0 spiro atoms. The molecule has 0 heterocycles. The van der Waals surface area contributed by atoms with Crippen LogP contribution in [0.2, 0.25) is 0 Å². The number of thiocarbonyl (C=S) groups is 1. The third-order valence-corrected chi connectivity index (χ3v) is 4.31. The topological polar surface area (TPSA) is 29.3 Å². The second kappa shape index (κ2) is 9.16. The van der Waals surface area contributed by atoms with Crippen molar-refractivity contribution in [1.29, 1.82) is 0 Å². The monoisotopic (exact) mass is 306 g/mol. The van der Waals surface area contributed by atoms with E-state index in [1.165, 1.54) is 18.4 Å².